The predicted molar refractivity (Wildman–Crippen MR) is 186 cm³/mol. The first-order valence-electron chi connectivity index (χ1n) is 18.6. The van der Waals surface area contributed by atoms with E-state index in [1.807, 2.05) is 13.8 Å². The number of fused-ring (bicyclic) bond motifs is 7. The molecule has 0 aromatic carbocycles. The quantitative estimate of drug-likeness (QED) is 0.143. The van der Waals surface area contributed by atoms with E-state index < -0.39 is 70.7 Å². The molecule has 13 unspecified atom stereocenters. The second kappa shape index (κ2) is 12.1. The van der Waals surface area contributed by atoms with Crippen LogP contribution in [-0.2, 0) is 19.1 Å². The van der Waals surface area contributed by atoms with Gasteiger partial charge in [-0.25, -0.2) is 9.59 Å². The van der Waals surface area contributed by atoms with Crippen molar-refractivity contribution >= 4 is 11.9 Å². The Bertz CT molecular complexity index is 1390. The van der Waals surface area contributed by atoms with E-state index in [1.54, 1.807) is 19.9 Å². The number of rotatable bonds is 6. The van der Waals surface area contributed by atoms with Gasteiger partial charge in [-0.2, -0.15) is 0 Å². The van der Waals surface area contributed by atoms with Crippen LogP contribution in [0.3, 0.4) is 0 Å². The number of ether oxygens (including phenoxy) is 2. The molecule has 0 spiro atoms. The first-order chi connectivity index (χ1) is 22.4. The molecule has 0 bridgehead atoms. The Kier molecular flexibility index (Phi) is 9.53. The van der Waals surface area contributed by atoms with Crippen LogP contribution in [0, 0.1) is 50.2 Å². The lowest BCUT2D eigenvalue weighted by molar-refractivity contribution is -0.269. The highest BCUT2D eigenvalue weighted by Crippen LogP contribution is 2.76. The van der Waals surface area contributed by atoms with Crippen LogP contribution in [0.5, 0.6) is 0 Å². The first kappa shape index (κ1) is 38.5. The van der Waals surface area contributed by atoms with Gasteiger partial charge in [0.15, 0.2) is 11.7 Å². The van der Waals surface area contributed by atoms with E-state index >= 15 is 0 Å². The molecule has 5 aliphatic carbocycles. The summed E-state index contributed by atoms with van der Waals surface area (Å²) in [6.45, 7) is 20.7. The van der Waals surface area contributed by atoms with E-state index in [0.717, 1.165) is 32.1 Å². The number of allylic oxidation sites excluding steroid dienone is 3. The Morgan fingerprint density at radius 3 is 2.18 bits per heavy atom. The summed E-state index contributed by atoms with van der Waals surface area (Å²) in [7, 11) is 0. The summed E-state index contributed by atoms with van der Waals surface area (Å²) in [5.41, 5.74) is -3.76. The summed E-state index contributed by atoms with van der Waals surface area (Å²) in [6.07, 6.45) is 3.97. The van der Waals surface area contributed by atoms with Gasteiger partial charge in [-0.05, 0) is 112 Å². The Balaban J connectivity index is 1.65. The molecule has 13 atom stereocenters. The van der Waals surface area contributed by atoms with E-state index in [9.17, 15) is 35.1 Å². The van der Waals surface area contributed by atoms with Crippen molar-refractivity contribution in [3.8, 4) is 0 Å². The van der Waals surface area contributed by atoms with Gasteiger partial charge in [0.25, 0.3) is 0 Å². The fourth-order valence-corrected chi connectivity index (χ4v) is 12.0. The lowest BCUT2D eigenvalue weighted by Crippen LogP contribution is -2.72. The van der Waals surface area contributed by atoms with Crippen LogP contribution < -0.4 is 0 Å². The van der Waals surface area contributed by atoms with E-state index in [-0.39, 0.29) is 22.3 Å². The Hall–Kier alpha value is -1.78. The standard InChI is InChI=1S/C40H64O9/c1-12-22(2)32(45)48-31-30(49-33(46)39(11,47)23(3)42)34(4,5)19-25-24-13-14-27-36(8)17-16-28(43)35(6,7)26(36)15-18-37(27,9)38(24,10)20-29(44)40(25,31)21-41/h12-13,23,25-31,41-44,47H,14-21H2,1-11H3. The number of esters is 2. The number of aliphatic hydroxyl groups excluding tert-OH is 4. The van der Waals surface area contributed by atoms with E-state index in [4.69, 9.17) is 9.47 Å². The van der Waals surface area contributed by atoms with E-state index in [2.05, 4.69) is 40.7 Å². The number of carbonyl (C=O) groups excluding carboxylic acids is 2. The Labute approximate surface area is 293 Å². The van der Waals surface area contributed by atoms with Gasteiger partial charge >= 0.3 is 11.9 Å². The lowest BCUT2D eigenvalue weighted by Gasteiger charge is -2.72. The minimum absolute atomic E-state index is 0.00520. The molecule has 0 amide bonds. The molecule has 0 aromatic rings. The molecule has 0 heterocycles. The number of hydrogen-bond acceptors (Lipinski definition) is 9. The van der Waals surface area contributed by atoms with Gasteiger partial charge in [0.05, 0.1) is 30.3 Å². The lowest BCUT2D eigenvalue weighted by atomic mass is 9.33. The van der Waals surface area contributed by atoms with Crippen molar-refractivity contribution in [2.24, 2.45) is 50.2 Å². The minimum atomic E-state index is -2.23. The fraction of sp³-hybridized carbons (Fsp3) is 0.850. The van der Waals surface area contributed by atoms with Gasteiger partial charge in [0.2, 0.25) is 0 Å². The average Bonchev–Trinajstić information content (AvgIpc) is 3.00. The summed E-state index contributed by atoms with van der Waals surface area (Å²) in [5, 5.41) is 56.2. The highest BCUT2D eigenvalue weighted by molar-refractivity contribution is 5.88. The van der Waals surface area contributed by atoms with Gasteiger partial charge < -0.3 is 35.0 Å². The van der Waals surface area contributed by atoms with Crippen LogP contribution >= 0.6 is 0 Å². The van der Waals surface area contributed by atoms with Crippen molar-refractivity contribution in [3.63, 3.8) is 0 Å². The fourth-order valence-electron chi connectivity index (χ4n) is 12.0. The molecule has 4 fully saturated rings. The topological polar surface area (TPSA) is 154 Å². The highest BCUT2D eigenvalue weighted by Gasteiger charge is 2.73. The van der Waals surface area contributed by atoms with Crippen molar-refractivity contribution in [2.75, 3.05) is 6.61 Å². The molecule has 9 heteroatoms. The average molecular weight is 689 g/mol. The van der Waals surface area contributed by atoms with E-state index in [1.165, 1.54) is 19.4 Å². The summed E-state index contributed by atoms with van der Waals surface area (Å²) >= 11 is 0. The normalized spacial score (nSPS) is 46.0. The second-order valence-corrected chi connectivity index (χ2v) is 18.9. The molecule has 5 aliphatic rings. The minimum Gasteiger partial charge on any atom is -0.456 e. The zero-order chi connectivity index (χ0) is 36.9. The summed E-state index contributed by atoms with van der Waals surface area (Å²) in [5.74, 6) is -1.41. The molecule has 49 heavy (non-hydrogen) atoms. The van der Waals surface area contributed by atoms with Crippen molar-refractivity contribution in [1.82, 2.24) is 0 Å². The first-order valence-corrected chi connectivity index (χ1v) is 18.6. The van der Waals surface area contributed by atoms with Crippen LogP contribution in [0.15, 0.2) is 23.3 Å². The number of aliphatic hydroxyl groups is 5. The maximum Gasteiger partial charge on any atom is 0.340 e. The van der Waals surface area contributed by atoms with Crippen molar-refractivity contribution in [3.05, 3.63) is 23.3 Å². The third kappa shape index (κ3) is 5.25. The molecule has 4 saturated carbocycles. The van der Waals surface area contributed by atoms with Crippen LogP contribution in [-0.4, -0.2) is 80.2 Å². The van der Waals surface area contributed by atoms with Gasteiger partial charge in [-0.3, -0.25) is 0 Å². The number of hydrogen-bond donors (Lipinski definition) is 5. The molecule has 5 rings (SSSR count). The molecule has 9 nitrogen and oxygen atoms in total. The van der Waals surface area contributed by atoms with Crippen molar-refractivity contribution in [2.45, 2.75) is 157 Å². The van der Waals surface area contributed by atoms with Gasteiger partial charge in [0, 0.05) is 11.0 Å². The van der Waals surface area contributed by atoms with Crippen molar-refractivity contribution in [1.29, 1.82) is 0 Å². The summed E-state index contributed by atoms with van der Waals surface area (Å²) < 4.78 is 12.3. The molecule has 0 aromatic heterocycles. The number of carbonyl (C=O) groups is 2. The zero-order valence-electron chi connectivity index (χ0n) is 31.8. The maximum atomic E-state index is 13.5. The van der Waals surface area contributed by atoms with Gasteiger partial charge in [-0.15, -0.1) is 0 Å². The Morgan fingerprint density at radius 1 is 0.980 bits per heavy atom. The molecule has 0 saturated heterocycles. The molecule has 0 aliphatic heterocycles. The summed E-state index contributed by atoms with van der Waals surface area (Å²) in [6, 6.07) is 0. The zero-order valence-corrected chi connectivity index (χ0v) is 31.8. The second-order valence-electron chi connectivity index (χ2n) is 18.9. The van der Waals surface area contributed by atoms with Crippen LogP contribution in [0.2, 0.25) is 0 Å². The largest absolute Gasteiger partial charge is 0.456 e. The third-order valence-corrected chi connectivity index (χ3v) is 15.8. The smallest absolute Gasteiger partial charge is 0.340 e. The molecular weight excluding hydrogens is 624 g/mol. The molecule has 278 valence electrons. The van der Waals surface area contributed by atoms with Crippen LogP contribution in [0.1, 0.15) is 121 Å². The highest BCUT2D eigenvalue weighted by atomic mass is 16.6. The van der Waals surface area contributed by atoms with Gasteiger partial charge in [0.1, 0.15) is 6.10 Å². The van der Waals surface area contributed by atoms with Crippen LogP contribution in [0.25, 0.3) is 0 Å². The Morgan fingerprint density at radius 2 is 1.61 bits per heavy atom. The van der Waals surface area contributed by atoms with Crippen molar-refractivity contribution < 1.29 is 44.6 Å². The van der Waals surface area contributed by atoms with Crippen LogP contribution in [0.4, 0.5) is 0 Å². The molecule has 5 N–H and O–H groups in total. The predicted octanol–water partition coefficient (Wildman–Crippen LogP) is 5.25. The van der Waals surface area contributed by atoms with Gasteiger partial charge in [-0.1, -0.05) is 66.2 Å². The SMILES string of the molecule is CC=C(C)C(=O)OC1C(OC(=O)C(C)(O)C(C)O)C(C)(C)CC2C3=CCC4C5(C)CCC(O)C(C)(C)C5CCC4(C)C3(C)CC(O)C21CO. The third-order valence-electron chi connectivity index (χ3n) is 15.8. The van der Waals surface area contributed by atoms with E-state index in [0.29, 0.717) is 30.3 Å². The molecule has 0 radical (unpaired) electrons. The maximum absolute atomic E-state index is 13.5. The summed E-state index contributed by atoms with van der Waals surface area (Å²) in [4.78, 5) is 27.0. The molecular formula is C40H64O9. The monoisotopic (exact) mass is 688 g/mol.